The molecule has 0 saturated carbocycles. The van der Waals surface area contributed by atoms with E-state index in [0.717, 1.165) is 11.3 Å². The van der Waals surface area contributed by atoms with Gasteiger partial charge in [0, 0.05) is 17.3 Å². The summed E-state index contributed by atoms with van der Waals surface area (Å²) in [4.78, 5) is 14.1. The molecule has 1 amide bonds. The quantitative estimate of drug-likeness (QED) is 0.826. The van der Waals surface area contributed by atoms with E-state index in [1.165, 1.54) is 0 Å². The summed E-state index contributed by atoms with van der Waals surface area (Å²) in [7, 11) is 0. The Morgan fingerprint density at radius 2 is 1.68 bits per heavy atom. The molecule has 0 aliphatic heterocycles. The fourth-order valence-electron chi connectivity index (χ4n) is 1.99. The summed E-state index contributed by atoms with van der Waals surface area (Å²) >= 11 is 5.87. The Hall–Kier alpha value is -1.80. The van der Waals surface area contributed by atoms with Gasteiger partial charge in [-0.15, -0.1) is 0 Å². The molecule has 0 atom stereocenters. The van der Waals surface area contributed by atoms with Crippen LogP contribution in [0.2, 0.25) is 5.02 Å². The Kier molecular flexibility index (Phi) is 4.58. The van der Waals surface area contributed by atoms with Crippen molar-refractivity contribution in [1.29, 1.82) is 0 Å². The molecule has 19 heavy (non-hydrogen) atoms. The van der Waals surface area contributed by atoms with E-state index < -0.39 is 0 Å². The smallest absolute Gasteiger partial charge is 0.231 e. The van der Waals surface area contributed by atoms with Crippen LogP contribution in [0.3, 0.4) is 0 Å². The van der Waals surface area contributed by atoms with Gasteiger partial charge in [-0.2, -0.15) is 0 Å². The highest BCUT2D eigenvalue weighted by Gasteiger charge is 2.14. The highest BCUT2D eigenvalue weighted by atomic mass is 35.5. The lowest BCUT2D eigenvalue weighted by Crippen LogP contribution is -2.31. The Labute approximate surface area is 118 Å². The van der Waals surface area contributed by atoms with Gasteiger partial charge in [-0.25, -0.2) is 0 Å². The fraction of sp³-hybridized carbons (Fsp3) is 0.188. The maximum Gasteiger partial charge on any atom is 0.231 e. The zero-order valence-electron chi connectivity index (χ0n) is 10.8. The standard InChI is InChI=1S/C16H16ClNO/c1-2-18(15-10-8-14(17)9-11-15)16(19)12-13-6-4-3-5-7-13/h3-11H,2,12H2,1H3. The van der Waals surface area contributed by atoms with E-state index in [-0.39, 0.29) is 5.91 Å². The fourth-order valence-corrected chi connectivity index (χ4v) is 2.12. The average Bonchev–Trinajstić information content (AvgIpc) is 2.43. The van der Waals surface area contributed by atoms with E-state index in [2.05, 4.69) is 0 Å². The number of hydrogen-bond donors (Lipinski definition) is 0. The maximum absolute atomic E-state index is 12.3. The molecule has 0 bridgehead atoms. The SMILES string of the molecule is CCN(C(=O)Cc1ccccc1)c1ccc(Cl)cc1. The van der Waals surface area contributed by atoms with Crippen LogP contribution in [0.25, 0.3) is 0 Å². The third kappa shape index (κ3) is 3.58. The molecule has 0 saturated heterocycles. The third-order valence-corrected chi connectivity index (χ3v) is 3.21. The van der Waals surface area contributed by atoms with E-state index in [4.69, 9.17) is 11.6 Å². The van der Waals surface area contributed by atoms with Crippen LogP contribution in [0, 0.1) is 0 Å². The van der Waals surface area contributed by atoms with Gasteiger partial charge < -0.3 is 4.90 Å². The van der Waals surface area contributed by atoms with E-state index >= 15 is 0 Å². The number of amides is 1. The normalized spacial score (nSPS) is 10.2. The molecule has 0 aliphatic rings. The topological polar surface area (TPSA) is 20.3 Å². The van der Waals surface area contributed by atoms with Crippen LogP contribution >= 0.6 is 11.6 Å². The second-order valence-electron chi connectivity index (χ2n) is 4.28. The monoisotopic (exact) mass is 273 g/mol. The van der Waals surface area contributed by atoms with Crippen LogP contribution in [-0.4, -0.2) is 12.5 Å². The van der Waals surface area contributed by atoms with Crippen molar-refractivity contribution in [2.75, 3.05) is 11.4 Å². The largest absolute Gasteiger partial charge is 0.312 e. The van der Waals surface area contributed by atoms with Crippen molar-refractivity contribution >= 4 is 23.2 Å². The molecule has 3 heteroatoms. The number of anilines is 1. The molecule has 0 fully saturated rings. The number of nitrogens with zero attached hydrogens (tertiary/aromatic N) is 1. The molecule has 2 nitrogen and oxygen atoms in total. The summed E-state index contributed by atoms with van der Waals surface area (Å²) in [6.07, 6.45) is 0.414. The van der Waals surface area contributed by atoms with Crippen molar-refractivity contribution in [2.45, 2.75) is 13.3 Å². The Morgan fingerprint density at radius 1 is 1.05 bits per heavy atom. The first kappa shape index (κ1) is 13.6. The molecular weight excluding hydrogens is 258 g/mol. The van der Waals surface area contributed by atoms with Crippen molar-refractivity contribution in [1.82, 2.24) is 0 Å². The summed E-state index contributed by atoms with van der Waals surface area (Å²) in [5.74, 6) is 0.0935. The second kappa shape index (κ2) is 6.39. The molecule has 2 rings (SSSR count). The van der Waals surface area contributed by atoms with E-state index in [1.54, 1.807) is 17.0 Å². The van der Waals surface area contributed by atoms with E-state index in [1.807, 2.05) is 49.4 Å². The van der Waals surface area contributed by atoms with Gasteiger partial charge in [-0.05, 0) is 36.8 Å². The van der Waals surface area contributed by atoms with Crippen molar-refractivity contribution in [3.05, 3.63) is 65.2 Å². The molecule has 0 unspecified atom stereocenters. The first-order valence-corrected chi connectivity index (χ1v) is 6.68. The van der Waals surface area contributed by atoms with Crippen LogP contribution in [-0.2, 0) is 11.2 Å². The number of carbonyl (C=O) groups excluding carboxylic acids is 1. The van der Waals surface area contributed by atoms with Crippen molar-refractivity contribution in [3.8, 4) is 0 Å². The second-order valence-corrected chi connectivity index (χ2v) is 4.71. The van der Waals surface area contributed by atoms with Crippen LogP contribution in [0.1, 0.15) is 12.5 Å². The maximum atomic E-state index is 12.3. The van der Waals surface area contributed by atoms with Gasteiger partial charge >= 0.3 is 0 Å². The predicted molar refractivity (Wildman–Crippen MR) is 79.6 cm³/mol. The molecule has 0 aliphatic carbocycles. The molecule has 0 aromatic heterocycles. The minimum Gasteiger partial charge on any atom is -0.312 e. The van der Waals surface area contributed by atoms with Gasteiger partial charge in [-0.1, -0.05) is 41.9 Å². The lowest BCUT2D eigenvalue weighted by atomic mass is 10.1. The van der Waals surface area contributed by atoms with Crippen molar-refractivity contribution in [3.63, 3.8) is 0 Å². The van der Waals surface area contributed by atoms with Crippen LogP contribution in [0.4, 0.5) is 5.69 Å². The van der Waals surface area contributed by atoms with Crippen LogP contribution in [0.15, 0.2) is 54.6 Å². The van der Waals surface area contributed by atoms with E-state index in [9.17, 15) is 4.79 Å². The first-order chi connectivity index (χ1) is 9.20. The summed E-state index contributed by atoms with van der Waals surface area (Å²) < 4.78 is 0. The van der Waals surface area contributed by atoms with Gasteiger partial charge in [0.2, 0.25) is 5.91 Å². The van der Waals surface area contributed by atoms with Gasteiger partial charge in [0.1, 0.15) is 0 Å². The van der Waals surface area contributed by atoms with Crippen molar-refractivity contribution < 1.29 is 4.79 Å². The van der Waals surface area contributed by atoms with Crippen molar-refractivity contribution in [2.24, 2.45) is 0 Å². The number of hydrogen-bond acceptors (Lipinski definition) is 1. The number of rotatable bonds is 4. The summed E-state index contributed by atoms with van der Waals surface area (Å²) in [6.45, 7) is 2.62. The number of likely N-dealkylation sites (N-methyl/N-ethyl adjacent to an activating group) is 1. The lowest BCUT2D eigenvalue weighted by molar-refractivity contribution is -0.117. The zero-order valence-corrected chi connectivity index (χ0v) is 11.6. The predicted octanol–water partition coefficient (Wildman–Crippen LogP) is 3.94. The van der Waals surface area contributed by atoms with Gasteiger partial charge in [-0.3, -0.25) is 4.79 Å². The minimum atomic E-state index is 0.0935. The minimum absolute atomic E-state index is 0.0935. The Morgan fingerprint density at radius 3 is 2.26 bits per heavy atom. The zero-order chi connectivity index (χ0) is 13.7. The van der Waals surface area contributed by atoms with Gasteiger partial charge in [0.25, 0.3) is 0 Å². The highest BCUT2D eigenvalue weighted by molar-refractivity contribution is 6.30. The molecule has 2 aromatic rings. The summed E-state index contributed by atoms with van der Waals surface area (Å²) in [6, 6.07) is 17.1. The molecule has 98 valence electrons. The van der Waals surface area contributed by atoms with Gasteiger partial charge in [0.05, 0.1) is 6.42 Å². The molecule has 0 spiro atoms. The molecule has 0 N–H and O–H groups in total. The summed E-state index contributed by atoms with van der Waals surface area (Å²) in [5, 5.41) is 0.676. The number of benzene rings is 2. The van der Waals surface area contributed by atoms with E-state index in [0.29, 0.717) is 18.0 Å². The number of carbonyl (C=O) groups is 1. The lowest BCUT2D eigenvalue weighted by Gasteiger charge is -2.21. The first-order valence-electron chi connectivity index (χ1n) is 6.30. The molecule has 2 aromatic carbocycles. The number of halogens is 1. The molecular formula is C16H16ClNO. The third-order valence-electron chi connectivity index (χ3n) is 2.95. The molecule has 0 heterocycles. The van der Waals surface area contributed by atoms with Gasteiger partial charge in [0.15, 0.2) is 0 Å². The molecule has 0 radical (unpaired) electrons. The highest BCUT2D eigenvalue weighted by Crippen LogP contribution is 2.18. The van der Waals surface area contributed by atoms with Crippen LogP contribution in [0.5, 0.6) is 0 Å². The Bertz CT molecular complexity index is 536. The Balaban J connectivity index is 2.13. The van der Waals surface area contributed by atoms with Crippen LogP contribution < -0.4 is 4.90 Å². The summed E-state index contributed by atoms with van der Waals surface area (Å²) in [5.41, 5.74) is 1.91. The average molecular weight is 274 g/mol.